The lowest BCUT2D eigenvalue weighted by molar-refractivity contribution is -0.137. The molecule has 144 valence electrons. The van der Waals surface area contributed by atoms with E-state index in [4.69, 9.17) is 0 Å². The highest BCUT2D eigenvalue weighted by Gasteiger charge is 2.28. The number of hydrogen-bond acceptors (Lipinski definition) is 5. The average molecular weight is 380 g/mol. The molecule has 1 N–H and O–H groups in total. The number of nitrogens with zero attached hydrogens (tertiary/aromatic N) is 4. The quantitative estimate of drug-likeness (QED) is 0.632. The highest BCUT2D eigenvalue weighted by molar-refractivity contribution is 6.08. The van der Waals surface area contributed by atoms with E-state index >= 15 is 0 Å². The maximum Gasteiger partial charge on any atom is 0.305 e. The lowest BCUT2D eigenvalue weighted by Crippen LogP contribution is -2.42. The molecule has 0 aliphatic carbocycles. The van der Waals surface area contributed by atoms with Gasteiger partial charge in [-0.3, -0.25) is 19.3 Å². The molecule has 0 bridgehead atoms. The number of anilines is 1. The summed E-state index contributed by atoms with van der Waals surface area (Å²) in [4.78, 5) is 45.6. The number of fused-ring (bicyclic) bond motifs is 1. The van der Waals surface area contributed by atoms with Gasteiger partial charge in [0.25, 0.3) is 5.91 Å². The normalized spacial score (nSPS) is 11.9. The summed E-state index contributed by atoms with van der Waals surface area (Å²) in [7, 11) is 1.72. The average Bonchev–Trinajstić information content (AvgIpc) is 3.03. The summed E-state index contributed by atoms with van der Waals surface area (Å²) in [6.45, 7) is 1.83. The van der Waals surface area contributed by atoms with E-state index < -0.39 is 12.0 Å². The predicted molar refractivity (Wildman–Crippen MR) is 103 cm³/mol. The standard InChI is InChI=1S/C20H20N4O4/c1-3-14(11-19(26)27)24(17-6-4-5-9-21-17)20(28)13-7-8-16-15(10-13)22-18(12-25)23(16)2/h4-10,12,14H,3,11H2,1-2H3,(H,26,27). The van der Waals surface area contributed by atoms with Crippen LogP contribution in [-0.2, 0) is 11.8 Å². The van der Waals surface area contributed by atoms with Crippen LogP contribution in [0.2, 0.25) is 0 Å². The second kappa shape index (κ2) is 7.99. The second-order valence-electron chi connectivity index (χ2n) is 6.37. The van der Waals surface area contributed by atoms with Gasteiger partial charge in [-0.05, 0) is 36.8 Å². The summed E-state index contributed by atoms with van der Waals surface area (Å²) in [5.74, 6) is -0.711. The number of aldehydes is 1. The summed E-state index contributed by atoms with van der Waals surface area (Å²) >= 11 is 0. The third-order valence-electron chi connectivity index (χ3n) is 4.63. The molecule has 0 fully saturated rings. The van der Waals surface area contributed by atoms with Gasteiger partial charge in [0.1, 0.15) is 5.82 Å². The molecule has 8 nitrogen and oxygen atoms in total. The number of hydrogen-bond donors (Lipinski definition) is 1. The molecule has 1 atom stereocenters. The van der Waals surface area contributed by atoms with Crippen molar-refractivity contribution >= 4 is 35.0 Å². The van der Waals surface area contributed by atoms with E-state index in [2.05, 4.69) is 9.97 Å². The molecule has 0 saturated carbocycles. The van der Waals surface area contributed by atoms with Crippen molar-refractivity contribution in [2.45, 2.75) is 25.8 Å². The molecule has 8 heteroatoms. The minimum atomic E-state index is -0.989. The van der Waals surface area contributed by atoms with Crippen LogP contribution in [0, 0.1) is 0 Å². The van der Waals surface area contributed by atoms with Gasteiger partial charge >= 0.3 is 5.97 Å². The van der Waals surface area contributed by atoms with Gasteiger partial charge in [0.15, 0.2) is 12.1 Å². The van der Waals surface area contributed by atoms with Gasteiger partial charge in [-0.15, -0.1) is 0 Å². The largest absolute Gasteiger partial charge is 0.481 e. The molecule has 0 aliphatic heterocycles. The maximum atomic E-state index is 13.3. The summed E-state index contributed by atoms with van der Waals surface area (Å²) in [5.41, 5.74) is 1.58. The number of carbonyl (C=O) groups is 3. The maximum absolute atomic E-state index is 13.3. The first-order valence-electron chi connectivity index (χ1n) is 8.84. The fraction of sp³-hybridized carbons (Fsp3) is 0.250. The molecule has 1 aromatic carbocycles. The van der Waals surface area contributed by atoms with Crippen molar-refractivity contribution in [2.24, 2.45) is 7.05 Å². The molecule has 1 amide bonds. The van der Waals surface area contributed by atoms with Crippen molar-refractivity contribution in [2.75, 3.05) is 4.90 Å². The summed E-state index contributed by atoms with van der Waals surface area (Å²) < 4.78 is 1.65. The molecule has 1 unspecified atom stereocenters. The van der Waals surface area contributed by atoms with Crippen LogP contribution >= 0.6 is 0 Å². The number of benzene rings is 1. The number of aromatic nitrogens is 3. The molecule has 2 heterocycles. The van der Waals surface area contributed by atoms with Crippen LogP contribution in [0.4, 0.5) is 5.82 Å². The van der Waals surface area contributed by atoms with E-state index in [0.717, 1.165) is 5.52 Å². The number of rotatable bonds is 7. The molecule has 0 spiro atoms. The van der Waals surface area contributed by atoms with Crippen molar-refractivity contribution < 1.29 is 19.5 Å². The fourth-order valence-corrected chi connectivity index (χ4v) is 3.17. The van der Waals surface area contributed by atoms with Crippen LogP contribution < -0.4 is 4.90 Å². The molecule has 28 heavy (non-hydrogen) atoms. The first-order chi connectivity index (χ1) is 13.5. The van der Waals surface area contributed by atoms with Crippen LogP contribution in [0.15, 0.2) is 42.6 Å². The van der Waals surface area contributed by atoms with Gasteiger partial charge in [0, 0.05) is 24.8 Å². The van der Waals surface area contributed by atoms with E-state index in [1.54, 1.807) is 54.2 Å². The van der Waals surface area contributed by atoms with E-state index in [0.29, 0.717) is 29.6 Å². The lowest BCUT2D eigenvalue weighted by atomic mass is 10.1. The van der Waals surface area contributed by atoms with Crippen LogP contribution in [0.1, 0.15) is 40.7 Å². The van der Waals surface area contributed by atoms with Gasteiger partial charge in [-0.1, -0.05) is 13.0 Å². The van der Waals surface area contributed by atoms with Crippen molar-refractivity contribution in [3.8, 4) is 0 Å². The molecule has 0 saturated heterocycles. The number of aryl methyl sites for hydroxylation is 1. The smallest absolute Gasteiger partial charge is 0.305 e. The molecule has 3 rings (SSSR count). The number of imidazole rings is 1. The van der Waals surface area contributed by atoms with Crippen molar-refractivity contribution in [1.82, 2.24) is 14.5 Å². The molecular weight excluding hydrogens is 360 g/mol. The summed E-state index contributed by atoms with van der Waals surface area (Å²) in [6.07, 6.45) is 2.47. The third-order valence-corrected chi connectivity index (χ3v) is 4.63. The van der Waals surface area contributed by atoms with Crippen molar-refractivity contribution in [3.63, 3.8) is 0 Å². The molecule has 3 aromatic rings. The Bertz CT molecular complexity index is 1030. The molecular formula is C20H20N4O4. The SMILES string of the molecule is CCC(CC(=O)O)N(C(=O)c1ccc2c(c1)nc(C=O)n2C)c1ccccn1. The molecule has 0 radical (unpaired) electrons. The van der Waals surface area contributed by atoms with Crippen LogP contribution in [0.25, 0.3) is 11.0 Å². The summed E-state index contributed by atoms with van der Waals surface area (Å²) in [5, 5.41) is 9.26. The van der Waals surface area contributed by atoms with E-state index in [9.17, 15) is 19.5 Å². The van der Waals surface area contributed by atoms with Gasteiger partial charge in [-0.2, -0.15) is 0 Å². The minimum absolute atomic E-state index is 0.195. The lowest BCUT2D eigenvalue weighted by Gasteiger charge is -2.29. The topological polar surface area (TPSA) is 105 Å². The van der Waals surface area contributed by atoms with Gasteiger partial charge in [-0.25, -0.2) is 9.97 Å². The third kappa shape index (κ3) is 3.62. The Kier molecular flexibility index (Phi) is 5.49. The zero-order chi connectivity index (χ0) is 20.3. The van der Waals surface area contributed by atoms with Crippen LogP contribution in [0.3, 0.4) is 0 Å². The first-order valence-corrected chi connectivity index (χ1v) is 8.84. The van der Waals surface area contributed by atoms with Gasteiger partial charge in [0.05, 0.1) is 17.5 Å². The molecule has 0 aliphatic rings. The number of carbonyl (C=O) groups excluding carboxylic acids is 2. The van der Waals surface area contributed by atoms with Crippen molar-refractivity contribution in [3.05, 3.63) is 54.0 Å². The highest BCUT2D eigenvalue weighted by atomic mass is 16.4. The number of amides is 1. The Morgan fingerprint density at radius 3 is 2.68 bits per heavy atom. The van der Waals surface area contributed by atoms with Gasteiger partial charge < -0.3 is 9.67 Å². The minimum Gasteiger partial charge on any atom is -0.481 e. The monoisotopic (exact) mass is 380 g/mol. The Morgan fingerprint density at radius 1 is 1.29 bits per heavy atom. The Labute approximate surface area is 161 Å². The predicted octanol–water partition coefficient (Wildman–Crippen LogP) is 2.68. The highest BCUT2D eigenvalue weighted by Crippen LogP contribution is 2.23. The van der Waals surface area contributed by atoms with E-state index in [1.165, 1.54) is 4.90 Å². The Morgan fingerprint density at radius 2 is 2.07 bits per heavy atom. The fourth-order valence-electron chi connectivity index (χ4n) is 3.17. The number of aliphatic carboxylic acids is 1. The Balaban J connectivity index is 2.06. The zero-order valence-corrected chi connectivity index (χ0v) is 15.6. The van der Waals surface area contributed by atoms with E-state index in [-0.39, 0.29) is 18.2 Å². The summed E-state index contributed by atoms with van der Waals surface area (Å²) in [6, 6.07) is 9.56. The number of carboxylic acids is 1. The first kappa shape index (κ1) is 19.2. The van der Waals surface area contributed by atoms with E-state index in [1.807, 2.05) is 6.92 Å². The number of carboxylic acid groups (broad SMARTS) is 1. The van der Waals surface area contributed by atoms with Gasteiger partial charge in [0.2, 0.25) is 0 Å². The number of pyridine rings is 1. The second-order valence-corrected chi connectivity index (χ2v) is 6.37. The zero-order valence-electron chi connectivity index (χ0n) is 15.6. The van der Waals surface area contributed by atoms with Crippen LogP contribution in [0.5, 0.6) is 0 Å². The Hall–Kier alpha value is -3.55. The van der Waals surface area contributed by atoms with Crippen LogP contribution in [-0.4, -0.2) is 43.8 Å². The molecule has 2 aromatic heterocycles. The van der Waals surface area contributed by atoms with Crippen molar-refractivity contribution in [1.29, 1.82) is 0 Å².